The first kappa shape index (κ1) is 15.5. The third-order valence-electron chi connectivity index (χ3n) is 0.904. The van der Waals surface area contributed by atoms with Crippen LogP contribution in [-0.4, -0.2) is 10.8 Å². The van der Waals surface area contributed by atoms with Gasteiger partial charge in [-0.3, -0.25) is 0 Å². The van der Waals surface area contributed by atoms with Crippen LogP contribution in [0.5, 0.6) is 0 Å². The Bertz CT molecular complexity index is 161. The van der Waals surface area contributed by atoms with Gasteiger partial charge in [-0.05, 0) is 46.1 Å². The van der Waals surface area contributed by atoms with Gasteiger partial charge in [-0.25, -0.2) is 0 Å². The van der Waals surface area contributed by atoms with Gasteiger partial charge in [0, 0.05) is 0 Å². The minimum absolute atomic E-state index is 0. The van der Waals surface area contributed by atoms with Crippen LogP contribution in [0.2, 0.25) is 0 Å². The van der Waals surface area contributed by atoms with Crippen molar-refractivity contribution in [3.8, 4) is 0 Å². The van der Waals surface area contributed by atoms with Crippen LogP contribution in [0.4, 0.5) is 0 Å². The van der Waals surface area contributed by atoms with Gasteiger partial charge in [-0.1, -0.05) is 0 Å². The zero-order valence-electron chi connectivity index (χ0n) is 10.3. The van der Waals surface area contributed by atoms with Crippen molar-refractivity contribution in [3.05, 3.63) is 0 Å². The Morgan fingerprint density at radius 3 is 1.50 bits per heavy atom. The summed E-state index contributed by atoms with van der Waals surface area (Å²) in [4.78, 5) is 0. The Hall–Kier alpha value is 1.06. The van der Waals surface area contributed by atoms with Crippen molar-refractivity contribution >= 4 is 8.03 Å². The topological polar surface area (TPSA) is 26.3 Å². The molecule has 0 bridgehead atoms. The van der Waals surface area contributed by atoms with Gasteiger partial charge < -0.3 is 1.43 Å². The molecule has 12 heavy (non-hydrogen) atoms. The predicted octanol–water partition coefficient (Wildman–Crippen LogP) is 0.459. The molecule has 0 radical (unpaired) electrons. The molecule has 0 aromatic rings. The first-order valence-corrected chi connectivity index (χ1v) is 4.97. The Labute approximate surface area is 100 Å². The van der Waals surface area contributed by atoms with Gasteiger partial charge in [0.05, 0.1) is 0 Å². The molecule has 0 saturated heterocycles. The molecule has 0 aromatic carbocycles. The average Bonchev–Trinajstić information content (AvgIpc) is 1.56. The summed E-state index contributed by atoms with van der Waals surface area (Å²) >= 11 is 0. The summed E-state index contributed by atoms with van der Waals surface area (Å²) in [5.74, 6) is 0. The minimum atomic E-state index is -1.56. The van der Waals surface area contributed by atoms with Crippen LogP contribution >= 0.6 is 8.03 Å². The standard InChI is InChI=1S/C8H18O2P.Na.H/c1-7(2,3)10-11(9)8(4,5)6;;/h1-6H3;;/q2*+1;-1. The largest absolute Gasteiger partial charge is 1.00 e. The fraction of sp³-hybridized carbons (Fsp3) is 1.00. The van der Waals surface area contributed by atoms with Gasteiger partial charge in [-0.15, -0.1) is 4.52 Å². The van der Waals surface area contributed by atoms with E-state index in [-0.39, 0.29) is 41.7 Å². The SMILES string of the molecule is CC(C)(C)O[P+](=O)C(C)(C)C.[H-].[Na+]. The van der Waals surface area contributed by atoms with Crippen LogP contribution in [0.25, 0.3) is 0 Å². The second-order valence-electron chi connectivity index (χ2n) is 4.63. The average molecular weight is 201 g/mol. The Kier molecular flexibility index (Phi) is 6.56. The van der Waals surface area contributed by atoms with Crippen molar-refractivity contribution in [2.75, 3.05) is 0 Å². The quantitative estimate of drug-likeness (QED) is 0.455. The van der Waals surface area contributed by atoms with Crippen LogP contribution in [-0.2, 0) is 9.09 Å². The maximum atomic E-state index is 11.4. The molecule has 68 valence electrons. The van der Waals surface area contributed by atoms with Crippen LogP contribution < -0.4 is 29.6 Å². The van der Waals surface area contributed by atoms with Crippen molar-refractivity contribution in [1.29, 1.82) is 0 Å². The van der Waals surface area contributed by atoms with Crippen molar-refractivity contribution in [2.45, 2.75) is 52.3 Å². The van der Waals surface area contributed by atoms with E-state index in [1.807, 2.05) is 41.5 Å². The van der Waals surface area contributed by atoms with E-state index in [4.69, 9.17) is 4.52 Å². The molecule has 0 aliphatic carbocycles. The summed E-state index contributed by atoms with van der Waals surface area (Å²) < 4.78 is 16.7. The molecule has 0 aliphatic rings. The third-order valence-corrected chi connectivity index (χ3v) is 2.71. The van der Waals surface area contributed by atoms with E-state index in [0.717, 1.165) is 0 Å². The molecule has 0 heterocycles. The van der Waals surface area contributed by atoms with E-state index >= 15 is 0 Å². The van der Waals surface area contributed by atoms with Crippen LogP contribution in [0.15, 0.2) is 0 Å². The van der Waals surface area contributed by atoms with Crippen molar-refractivity contribution < 1.29 is 40.1 Å². The summed E-state index contributed by atoms with van der Waals surface area (Å²) in [5, 5.41) is -0.247. The normalized spacial score (nSPS) is 13.7. The third kappa shape index (κ3) is 7.70. The molecule has 0 amide bonds. The molecule has 0 saturated carbocycles. The summed E-state index contributed by atoms with van der Waals surface area (Å²) in [5.41, 5.74) is -0.305. The minimum Gasteiger partial charge on any atom is -1.00 e. The van der Waals surface area contributed by atoms with Gasteiger partial charge >= 0.3 is 37.6 Å². The molecule has 0 aliphatic heterocycles. The Morgan fingerprint density at radius 2 is 1.42 bits per heavy atom. The van der Waals surface area contributed by atoms with Gasteiger partial charge in [0.15, 0.2) is 5.16 Å². The van der Waals surface area contributed by atoms with Crippen molar-refractivity contribution in [2.24, 2.45) is 0 Å². The van der Waals surface area contributed by atoms with Gasteiger partial charge in [0.2, 0.25) is 0 Å². The Morgan fingerprint density at radius 1 is 1.08 bits per heavy atom. The monoisotopic (exact) mass is 201 g/mol. The van der Waals surface area contributed by atoms with Crippen LogP contribution in [0, 0.1) is 0 Å². The van der Waals surface area contributed by atoms with Gasteiger partial charge in [-0.2, -0.15) is 0 Å². The first-order chi connectivity index (χ1) is 4.63. The molecule has 1 atom stereocenters. The maximum absolute atomic E-state index is 11.4. The van der Waals surface area contributed by atoms with E-state index < -0.39 is 8.03 Å². The van der Waals surface area contributed by atoms with Crippen molar-refractivity contribution in [3.63, 3.8) is 0 Å². The first-order valence-electron chi connectivity index (χ1n) is 3.79. The van der Waals surface area contributed by atoms with E-state index in [9.17, 15) is 4.57 Å². The molecule has 0 spiro atoms. The van der Waals surface area contributed by atoms with E-state index in [2.05, 4.69) is 0 Å². The fourth-order valence-corrected chi connectivity index (χ4v) is 1.16. The van der Waals surface area contributed by atoms with E-state index in [1.54, 1.807) is 0 Å². The molecule has 0 N–H and O–H groups in total. The molecule has 2 nitrogen and oxygen atoms in total. The molecule has 0 aromatic heterocycles. The number of hydrogen-bond acceptors (Lipinski definition) is 2. The van der Waals surface area contributed by atoms with Crippen LogP contribution in [0.3, 0.4) is 0 Å². The van der Waals surface area contributed by atoms with Crippen LogP contribution in [0.1, 0.15) is 43.0 Å². The molecular formula is C8H19NaO2P+. The summed E-state index contributed by atoms with van der Waals surface area (Å²) in [7, 11) is -1.56. The predicted molar refractivity (Wildman–Crippen MR) is 49.3 cm³/mol. The molecule has 0 rings (SSSR count). The molecule has 4 heteroatoms. The number of rotatable bonds is 1. The van der Waals surface area contributed by atoms with E-state index in [1.165, 1.54) is 0 Å². The molecule has 0 fully saturated rings. The van der Waals surface area contributed by atoms with E-state index in [0.29, 0.717) is 0 Å². The zero-order chi connectivity index (χ0) is 9.28. The summed E-state index contributed by atoms with van der Waals surface area (Å²) in [6.45, 7) is 11.5. The summed E-state index contributed by atoms with van der Waals surface area (Å²) in [6, 6.07) is 0. The smallest absolute Gasteiger partial charge is 1.00 e. The fourth-order valence-electron chi connectivity index (χ4n) is 0.386. The molecular weight excluding hydrogens is 182 g/mol. The zero-order valence-corrected chi connectivity index (χ0v) is 12.2. The summed E-state index contributed by atoms with van der Waals surface area (Å²) in [6.07, 6.45) is 0. The second-order valence-corrected chi connectivity index (χ2v) is 6.67. The molecule has 1 unspecified atom stereocenters. The maximum Gasteiger partial charge on any atom is 1.00 e. The second kappa shape index (κ2) is 5.07. The number of hydrogen-bond donors (Lipinski definition) is 0. The van der Waals surface area contributed by atoms with Gasteiger partial charge in [0.1, 0.15) is 5.60 Å². The van der Waals surface area contributed by atoms with Gasteiger partial charge in [0.25, 0.3) is 0 Å². The van der Waals surface area contributed by atoms with Crippen molar-refractivity contribution in [1.82, 2.24) is 0 Å². The Balaban J connectivity index is -0.000000500.